The summed E-state index contributed by atoms with van der Waals surface area (Å²) in [5.74, 6) is 3.24. The predicted molar refractivity (Wildman–Crippen MR) is 196 cm³/mol. The van der Waals surface area contributed by atoms with Crippen LogP contribution in [0.4, 0.5) is 0 Å². The molecule has 0 aromatic carbocycles. The first-order chi connectivity index (χ1) is 20.0. The summed E-state index contributed by atoms with van der Waals surface area (Å²) >= 11 is 9.52. The first kappa shape index (κ1) is 58.3. The Morgan fingerprint density at radius 1 is 0.333 bits per heavy atom. The first-order valence-corrected chi connectivity index (χ1v) is 27.1. The van der Waals surface area contributed by atoms with E-state index in [-0.39, 0.29) is 58.4 Å². The normalized spacial score (nSPS) is 11.5. The zero-order valence-corrected chi connectivity index (χ0v) is 44.0. The van der Waals surface area contributed by atoms with Crippen LogP contribution in [0.3, 0.4) is 0 Å². The number of unbranched alkanes of at least 4 members (excludes halogenated alkanes) is 20. The Morgan fingerprint density at radius 2 is 0.489 bits per heavy atom. The topological polar surface area (TPSA) is 92.2 Å². The minimum atomic E-state index is -3.54. The molecule has 13 heteroatoms. The van der Waals surface area contributed by atoms with Gasteiger partial charge < -0.3 is 55.5 Å². The van der Waals surface area contributed by atoms with Crippen LogP contribution >= 0.6 is 11.4 Å². The van der Waals surface area contributed by atoms with Gasteiger partial charge in [-0.15, -0.1) is 0 Å². The summed E-state index contributed by atoms with van der Waals surface area (Å²) in [6.45, 7) is 8.84. The van der Waals surface area contributed by atoms with Crippen molar-refractivity contribution in [2.24, 2.45) is 0 Å². The van der Waals surface area contributed by atoms with Crippen molar-refractivity contribution in [3.05, 3.63) is 0 Å². The molecule has 0 aromatic heterocycles. The van der Waals surface area contributed by atoms with Gasteiger partial charge >= 0.3 is 58.4 Å². The molecule has 0 spiro atoms. The first-order valence-electron chi connectivity index (χ1n) is 17.4. The van der Waals surface area contributed by atoms with E-state index >= 15 is 0 Å². The summed E-state index contributed by atoms with van der Waals surface area (Å²) < 4.78 is 0. The third-order valence-electron chi connectivity index (χ3n) is 7.57. The maximum Gasteiger partial charge on any atom is 2.00 e. The summed E-state index contributed by atoms with van der Waals surface area (Å²) in [6, 6.07) is 0. The third kappa shape index (κ3) is 44.1. The summed E-state index contributed by atoms with van der Waals surface area (Å²) in [5.41, 5.74) is -7.07. The average molecular weight is 903 g/mol. The van der Waals surface area contributed by atoms with Crippen molar-refractivity contribution in [2.45, 2.75) is 182 Å². The van der Waals surface area contributed by atoms with E-state index in [9.17, 15) is 19.6 Å². The van der Waals surface area contributed by atoms with Gasteiger partial charge in [0.25, 0.3) is 0 Å². The van der Waals surface area contributed by atoms with Crippen molar-refractivity contribution in [1.29, 1.82) is 0 Å². The second-order valence-electron chi connectivity index (χ2n) is 11.7. The summed E-state index contributed by atoms with van der Waals surface area (Å²) in [5, 5.41) is 0. The number of rotatable bonds is 28. The van der Waals surface area contributed by atoms with Crippen LogP contribution < -0.4 is 19.6 Å². The van der Waals surface area contributed by atoms with Gasteiger partial charge in [-0.05, 0) is 48.7 Å². The van der Waals surface area contributed by atoms with Crippen molar-refractivity contribution < 1.29 is 78.0 Å². The van der Waals surface area contributed by atoms with Crippen LogP contribution in [-0.4, -0.2) is 23.0 Å². The molecule has 0 saturated carbocycles. The van der Waals surface area contributed by atoms with Crippen molar-refractivity contribution in [3.63, 3.8) is 0 Å². The third-order valence-corrected chi connectivity index (χ3v) is 21.7. The van der Waals surface area contributed by atoms with Crippen LogP contribution in [0.25, 0.3) is 0 Å². The quantitative estimate of drug-likeness (QED) is 0.0339. The van der Waals surface area contributed by atoms with E-state index in [1.807, 2.05) is 0 Å². The molecular weight excluding hydrogens is 835 g/mol. The molecule has 0 aliphatic rings. The van der Waals surface area contributed by atoms with Gasteiger partial charge in [0.2, 0.25) is 0 Å². The largest absolute Gasteiger partial charge is 2.00 e. The fourth-order valence-corrected chi connectivity index (χ4v) is 15.2. The van der Waals surface area contributed by atoms with Gasteiger partial charge in [0, 0.05) is 0 Å². The molecule has 45 heavy (non-hydrogen) atoms. The zero-order valence-electron chi connectivity index (χ0n) is 30.1. The number of hydrogen-bond acceptors (Lipinski definition) is 6. The van der Waals surface area contributed by atoms with Crippen LogP contribution in [0.1, 0.15) is 182 Å². The van der Waals surface area contributed by atoms with E-state index in [2.05, 4.69) is 27.7 Å². The second-order valence-corrected chi connectivity index (χ2v) is 27.2. The fourth-order valence-electron chi connectivity index (χ4n) is 4.85. The van der Waals surface area contributed by atoms with E-state index in [4.69, 9.17) is 24.5 Å². The second kappa shape index (κ2) is 42.4. The molecule has 0 radical (unpaired) electrons. The fraction of sp³-hybridized carbons (Fsp3) is 1.00. The Labute approximate surface area is 335 Å². The van der Waals surface area contributed by atoms with Crippen LogP contribution in [0.2, 0.25) is 0 Å². The van der Waals surface area contributed by atoms with Crippen molar-refractivity contribution in [1.82, 2.24) is 0 Å². The Kier molecular flexibility index (Phi) is 54.9. The molecule has 4 nitrogen and oxygen atoms in total. The van der Waals surface area contributed by atoms with E-state index in [0.717, 1.165) is 74.4 Å². The minimum absolute atomic E-state index is 0. The van der Waals surface area contributed by atoms with Gasteiger partial charge in [0.15, 0.2) is 0 Å². The Balaban J connectivity index is -0.000000222. The maximum absolute atomic E-state index is 11.7. The van der Waals surface area contributed by atoms with Crippen molar-refractivity contribution in [2.75, 3.05) is 23.0 Å². The number of hydrogen-bond donors (Lipinski definition) is 0. The molecular formula is C32H68O4P2S4Zn3. The SMILES string of the molecule is CCCCCCCCS(CCCCCCCC)=P([O-])([O-])[S-].CCCCCCCCS(CCCCCCCC)=P([O-])([O-])[S-].[Zn+2].[Zn+2].[Zn+2]. The summed E-state index contributed by atoms with van der Waals surface area (Å²) in [4.78, 5) is 46.9. The van der Waals surface area contributed by atoms with Gasteiger partial charge in [-0.3, -0.25) is 0 Å². The van der Waals surface area contributed by atoms with Crippen LogP contribution in [0, 0.1) is 0 Å². The molecule has 0 saturated heterocycles. The molecule has 0 aliphatic heterocycles. The monoisotopic (exact) mass is 898 g/mol. The minimum Gasteiger partial charge on any atom is -0.854 e. The summed E-state index contributed by atoms with van der Waals surface area (Å²) in [7, 11) is -1.08. The molecule has 0 fully saturated rings. The van der Waals surface area contributed by atoms with Gasteiger partial charge in [-0.2, -0.15) is 0 Å². The molecule has 0 atom stereocenters. The average Bonchev–Trinajstić information content (AvgIpc) is 2.93. The van der Waals surface area contributed by atoms with Crippen molar-refractivity contribution >= 4 is 56.0 Å². The summed E-state index contributed by atoms with van der Waals surface area (Å²) in [6.07, 6.45) is 29.1. The smallest absolute Gasteiger partial charge is 0.854 e. The van der Waals surface area contributed by atoms with Gasteiger partial charge in [-0.25, -0.2) is 20.1 Å². The van der Waals surface area contributed by atoms with Gasteiger partial charge in [0.05, 0.1) is 0 Å². The van der Waals surface area contributed by atoms with Crippen LogP contribution in [0.5, 0.6) is 0 Å². The molecule has 0 N–H and O–H groups in total. The molecule has 0 heterocycles. The molecule has 0 bridgehead atoms. The van der Waals surface area contributed by atoms with Crippen LogP contribution in [0.15, 0.2) is 0 Å². The van der Waals surface area contributed by atoms with E-state index in [1.54, 1.807) is 0 Å². The standard InChI is InChI=1S/2C16H34O2PS2.3Zn/c2*1-3-5-7-9-11-13-15-21(19(17,18)20)16-14-12-10-8-6-4-2;;;/h2*3-16H2,1-2H3;;;/q2*-3;3*+2. The molecule has 0 rings (SSSR count). The van der Waals surface area contributed by atoms with Crippen LogP contribution in [-0.2, 0) is 103 Å². The van der Waals surface area contributed by atoms with E-state index in [0.29, 0.717) is 0 Å². The Hall–Kier alpha value is 3.97. The Morgan fingerprint density at radius 3 is 0.644 bits per heavy atom. The Bertz CT molecular complexity index is 601. The zero-order chi connectivity index (χ0) is 32.0. The maximum atomic E-state index is 11.7. The van der Waals surface area contributed by atoms with Gasteiger partial charge in [-0.1, -0.05) is 156 Å². The van der Waals surface area contributed by atoms with E-state index in [1.165, 1.54) is 103 Å². The molecule has 0 unspecified atom stereocenters. The molecule has 0 amide bonds. The molecule has 0 aromatic rings. The molecule has 0 aliphatic carbocycles. The van der Waals surface area contributed by atoms with Crippen molar-refractivity contribution in [3.8, 4) is 0 Å². The van der Waals surface area contributed by atoms with Gasteiger partial charge in [0.1, 0.15) is 0 Å². The molecule has 260 valence electrons. The predicted octanol–water partition coefficient (Wildman–Crippen LogP) is 8.53. The van der Waals surface area contributed by atoms with E-state index < -0.39 is 31.5 Å².